The summed E-state index contributed by atoms with van der Waals surface area (Å²) in [6.07, 6.45) is -5.06. The maximum absolute atomic E-state index is 12.0. The van der Waals surface area contributed by atoms with Gasteiger partial charge in [0.1, 0.15) is 17.3 Å². The molecule has 0 atom stereocenters. The lowest BCUT2D eigenvalue weighted by atomic mass is 10.2. The van der Waals surface area contributed by atoms with E-state index in [-0.39, 0.29) is 19.6 Å². The van der Waals surface area contributed by atoms with Gasteiger partial charge in [-0.1, -0.05) is 0 Å². The van der Waals surface area contributed by atoms with Crippen LogP contribution in [0.3, 0.4) is 0 Å². The number of aryl methyl sites for hydroxylation is 2. The van der Waals surface area contributed by atoms with E-state index >= 15 is 0 Å². The third-order valence-electron chi connectivity index (χ3n) is 3.08. The average molecular weight is 319 g/mol. The lowest BCUT2D eigenvalue weighted by molar-refractivity contribution is -0.138. The molecule has 0 radical (unpaired) electrons. The zero-order chi connectivity index (χ0) is 15.6. The van der Waals surface area contributed by atoms with Crippen molar-refractivity contribution in [3.05, 3.63) is 16.3 Å². The van der Waals surface area contributed by atoms with E-state index < -0.39 is 12.6 Å². The minimum absolute atomic E-state index is 0.0172. The van der Waals surface area contributed by atoms with Crippen LogP contribution in [0.15, 0.2) is 0 Å². The summed E-state index contributed by atoms with van der Waals surface area (Å²) >= 11 is 1.52. The Balaban J connectivity index is 1.97. The first-order valence-electron chi connectivity index (χ1n) is 6.44. The molecule has 0 aromatic carbocycles. The van der Waals surface area contributed by atoms with Crippen molar-refractivity contribution in [2.24, 2.45) is 0 Å². The Hall–Kier alpha value is -1.41. The summed E-state index contributed by atoms with van der Waals surface area (Å²) in [5.41, 5.74) is 6.97. The second-order valence-corrected chi connectivity index (χ2v) is 5.96. The zero-order valence-corrected chi connectivity index (χ0v) is 12.6. The Bertz CT molecular complexity index is 640. The molecular formula is C13H16F3N3OS. The van der Waals surface area contributed by atoms with E-state index in [4.69, 9.17) is 10.5 Å². The highest BCUT2D eigenvalue weighted by atomic mass is 32.1. The molecule has 21 heavy (non-hydrogen) atoms. The third-order valence-corrected chi connectivity index (χ3v) is 4.18. The van der Waals surface area contributed by atoms with Gasteiger partial charge in [0.15, 0.2) is 5.82 Å². The maximum Gasteiger partial charge on any atom is 0.389 e. The molecule has 0 fully saturated rings. The summed E-state index contributed by atoms with van der Waals surface area (Å²) in [5, 5.41) is 0.846. The molecule has 2 aromatic heterocycles. The van der Waals surface area contributed by atoms with Gasteiger partial charge in [-0.05, 0) is 25.8 Å². The molecular weight excluding hydrogens is 303 g/mol. The summed E-state index contributed by atoms with van der Waals surface area (Å²) in [4.78, 5) is 10.4. The van der Waals surface area contributed by atoms with Crippen molar-refractivity contribution in [3.63, 3.8) is 0 Å². The van der Waals surface area contributed by atoms with Crippen LogP contribution in [0.25, 0.3) is 10.2 Å². The highest BCUT2D eigenvalue weighted by Crippen LogP contribution is 2.31. The predicted molar refractivity (Wildman–Crippen MR) is 76.2 cm³/mol. The number of nitrogen functional groups attached to an aromatic ring is 1. The van der Waals surface area contributed by atoms with E-state index in [1.807, 2.05) is 13.8 Å². The maximum atomic E-state index is 12.0. The van der Waals surface area contributed by atoms with E-state index in [0.29, 0.717) is 11.6 Å². The van der Waals surface area contributed by atoms with Crippen molar-refractivity contribution in [1.29, 1.82) is 0 Å². The van der Waals surface area contributed by atoms with Crippen LogP contribution in [-0.4, -0.2) is 22.8 Å². The van der Waals surface area contributed by atoms with Gasteiger partial charge in [0.25, 0.3) is 0 Å². The number of thiophene rings is 1. The highest BCUT2D eigenvalue weighted by molar-refractivity contribution is 7.18. The predicted octanol–water partition coefficient (Wildman–Crippen LogP) is 3.75. The summed E-state index contributed by atoms with van der Waals surface area (Å²) in [6, 6.07) is 0. The first kappa shape index (κ1) is 16.0. The van der Waals surface area contributed by atoms with Gasteiger partial charge < -0.3 is 10.5 Å². The molecule has 4 nitrogen and oxygen atoms in total. The average Bonchev–Trinajstić information content (AvgIpc) is 2.63. The molecule has 0 aliphatic carbocycles. The summed E-state index contributed by atoms with van der Waals surface area (Å²) in [7, 11) is 0. The van der Waals surface area contributed by atoms with Gasteiger partial charge in [0.2, 0.25) is 0 Å². The fourth-order valence-electron chi connectivity index (χ4n) is 1.93. The second kappa shape index (κ2) is 6.15. The van der Waals surface area contributed by atoms with Gasteiger partial charge in [0.05, 0.1) is 5.39 Å². The number of rotatable bonds is 5. The minimum Gasteiger partial charge on any atom is -0.383 e. The Morgan fingerprint density at radius 2 is 1.95 bits per heavy atom. The number of nitrogens with zero attached hydrogens (tertiary/aromatic N) is 2. The van der Waals surface area contributed by atoms with Crippen LogP contribution in [0.4, 0.5) is 19.0 Å². The summed E-state index contributed by atoms with van der Waals surface area (Å²) in [5.74, 6) is 0.781. The fraction of sp³-hybridized carbons (Fsp3) is 0.538. The normalized spacial score (nSPS) is 12.2. The smallest absolute Gasteiger partial charge is 0.383 e. The van der Waals surface area contributed by atoms with Gasteiger partial charge in [-0.25, -0.2) is 9.97 Å². The van der Waals surface area contributed by atoms with Crippen LogP contribution in [0.2, 0.25) is 0 Å². The Morgan fingerprint density at radius 1 is 1.24 bits per heavy atom. The van der Waals surface area contributed by atoms with E-state index in [1.54, 1.807) is 0 Å². The molecule has 0 amide bonds. The first-order chi connectivity index (χ1) is 9.78. The topological polar surface area (TPSA) is 61.0 Å². The molecule has 0 aliphatic heterocycles. The molecule has 116 valence electrons. The van der Waals surface area contributed by atoms with Gasteiger partial charge in [-0.3, -0.25) is 0 Å². The first-order valence-corrected chi connectivity index (χ1v) is 7.26. The van der Waals surface area contributed by atoms with Crippen LogP contribution in [0.5, 0.6) is 0 Å². The van der Waals surface area contributed by atoms with Crippen LogP contribution in [-0.2, 0) is 11.3 Å². The van der Waals surface area contributed by atoms with Crippen molar-refractivity contribution >= 4 is 27.4 Å². The highest BCUT2D eigenvalue weighted by Gasteiger charge is 2.25. The van der Waals surface area contributed by atoms with E-state index in [9.17, 15) is 13.2 Å². The third kappa shape index (κ3) is 4.04. The largest absolute Gasteiger partial charge is 0.389 e. The molecule has 0 spiro atoms. The number of aromatic nitrogens is 2. The van der Waals surface area contributed by atoms with Crippen LogP contribution in [0.1, 0.15) is 29.1 Å². The van der Waals surface area contributed by atoms with E-state index in [1.165, 1.54) is 11.3 Å². The molecule has 2 aromatic rings. The zero-order valence-electron chi connectivity index (χ0n) is 11.8. The van der Waals surface area contributed by atoms with Crippen molar-refractivity contribution < 1.29 is 17.9 Å². The Kier molecular flexibility index (Phi) is 4.67. The van der Waals surface area contributed by atoms with E-state index in [2.05, 4.69) is 9.97 Å². The van der Waals surface area contributed by atoms with Gasteiger partial charge >= 0.3 is 6.18 Å². The number of hydrogen-bond donors (Lipinski definition) is 1. The summed E-state index contributed by atoms with van der Waals surface area (Å²) < 4.78 is 41.1. The number of hydrogen-bond acceptors (Lipinski definition) is 5. The Labute approximate surface area is 124 Å². The van der Waals surface area contributed by atoms with Gasteiger partial charge in [-0.15, -0.1) is 11.3 Å². The molecule has 0 unspecified atom stereocenters. The molecule has 8 heteroatoms. The second-order valence-electron chi connectivity index (χ2n) is 4.76. The number of alkyl halides is 3. The number of anilines is 1. The fourth-order valence-corrected chi connectivity index (χ4v) is 2.99. The number of ether oxygens (including phenoxy) is 1. The van der Waals surface area contributed by atoms with Gasteiger partial charge in [0, 0.05) is 17.9 Å². The molecule has 0 aliphatic rings. The Morgan fingerprint density at radius 3 is 2.62 bits per heavy atom. The number of halogens is 3. The molecule has 2 heterocycles. The van der Waals surface area contributed by atoms with Crippen molar-refractivity contribution in [2.45, 2.75) is 39.5 Å². The number of nitrogens with two attached hydrogens (primary N) is 1. The lowest BCUT2D eigenvalue weighted by Gasteiger charge is -2.07. The molecule has 0 saturated heterocycles. The molecule has 2 rings (SSSR count). The number of fused-ring (bicyclic) bond motifs is 1. The summed E-state index contributed by atoms with van der Waals surface area (Å²) in [6.45, 7) is 4.02. The standard InChI is InChI=1S/C13H16F3N3OS/c1-7-8(2)21-12-10(7)11(17)18-9(19-12)6-20-5-3-4-13(14,15)16/h3-6H2,1-2H3,(H2,17,18,19). The van der Waals surface area contributed by atoms with Crippen LogP contribution < -0.4 is 5.73 Å². The van der Waals surface area contributed by atoms with Gasteiger partial charge in [-0.2, -0.15) is 13.2 Å². The molecule has 0 saturated carbocycles. The van der Waals surface area contributed by atoms with Crippen molar-refractivity contribution in [2.75, 3.05) is 12.3 Å². The lowest BCUT2D eigenvalue weighted by Crippen LogP contribution is -2.09. The van der Waals surface area contributed by atoms with Crippen molar-refractivity contribution in [1.82, 2.24) is 9.97 Å². The van der Waals surface area contributed by atoms with Crippen molar-refractivity contribution in [3.8, 4) is 0 Å². The SMILES string of the molecule is Cc1sc2nc(COCCCC(F)(F)F)nc(N)c2c1C. The molecule has 0 bridgehead atoms. The monoisotopic (exact) mass is 319 g/mol. The van der Waals surface area contributed by atoms with Crippen LogP contribution >= 0.6 is 11.3 Å². The van der Waals surface area contributed by atoms with Crippen LogP contribution in [0, 0.1) is 13.8 Å². The minimum atomic E-state index is -4.14. The quantitative estimate of drug-likeness (QED) is 0.853. The van der Waals surface area contributed by atoms with E-state index in [0.717, 1.165) is 20.7 Å². The molecule has 2 N–H and O–H groups in total.